The first-order chi connectivity index (χ1) is 12.0. The van der Waals surface area contributed by atoms with Gasteiger partial charge in [-0.1, -0.05) is 12.1 Å². The van der Waals surface area contributed by atoms with E-state index in [1.165, 1.54) is 0 Å². The van der Waals surface area contributed by atoms with Gasteiger partial charge in [-0.25, -0.2) is 8.42 Å². The van der Waals surface area contributed by atoms with E-state index in [9.17, 15) is 8.42 Å². The highest BCUT2D eigenvalue weighted by molar-refractivity contribution is 7.99. The van der Waals surface area contributed by atoms with Gasteiger partial charge in [0, 0.05) is 37.2 Å². The number of hydrogen-bond acceptors (Lipinski definition) is 7. The third-order valence-electron chi connectivity index (χ3n) is 4.65. The van der Waals surface area contributed by atoms with Crippen molar-refractivity contribution >= 4 is 21.8 Å². The van der Waals surface area contributed by atoms with Crippen molar-refractivity contribution in [3.8, 4) is 11.5 Å². The molecule has 2 heterocycles. The summed E-state index contributed by atoms with van der Waals surface area (Å²) in [6.07, 6.45) is 0. The number of para-hydroxylation sites is 1. The maximum absolute atomic E-state index is 13.2. The molecule has 2 saturated heterocycles. The van der Waals surface area contributed by atoms with Crippen molar-refractivity contribution in [2.75, 3.05) is 52.5 Å². The zero-order chi connectivity index (χ0) is 18.0. The largest absolute Gasteiger partial charge is 0.493 e. The van der Waals surface area contributed by atoms with Crippen LogP contribution in [0.5, 0.6) is 11.5 Å². The quantitative estimate of drug-likeness (QED) is 0.755. The number of methoxy groups -OCH3 is 2. The minimum absolute atomic E-state index is 0.132. The molecule has 25 heavy (non-hydrogen) atoms. The Labute approximate surface area is 153 Å². The third kappa shape index (κ3) is 3.48. The molecule has 0 aromatic heterocycles. The smallest absolute Gasteiger partial charge is 0.221 e. The summed E-state index contributed by atoms with van der Waals surface area (Å²) in [5, 5.41) is 0.930. The highest BCUT2D eigenvalue weighted by Crippen LogP contribution is 2.42. The summed E-state index contributed by atoms with van der Waals surface area (Å²) in [6, 6.07) is 5.05. The third-order valence-corrected chi connectivity index (χ3v) is 7.84. The van der Waals surface area contributed by atoms with Gasteiger partial charge in [0.15, 0.2) is 11.5 Å². The molecule has 0 amide bonds. The first kappa shape index (κ1) is 18.8. The Hall–Kier alpha value is -1.00. The van der Waals surface area contributed by atoms with Crippen molar-refractivity contribution in [3.63, 3.8) is 0 Å². The normalized spacial score (nSPS) is 25.9. The van der Waals surface area contributed by atoms with Crippen molar-refractivity contribution in [2.45, 2.75) is 11.3 Å². The van der Waals surface area contributed by atoms with Gasteiger partial charge < -0.3 is 9.47 Å². The lowest BCUT2D eigenvalue weighted by Gasteiger charge is -2.31. The molecule has 0 radical (unpaired) electrons. The average molecular weight is 389 g/mol. The summed E-state index contributed by atoms with van der Waals surface area (Å²) in [6.45, 7) is 1.23. The van der Waals surface area contributed by atoms with Crippen LogP contribution < -0.4 is 9.47 Å². The van der Waals surface area contributed by atoms with Gasteiger partial charge in [0.2, 0.25) is 10.0 Å². The SMILES string of the molecule is COc1cccc(C2C(S(=O)(=O)N3CCSCC3)CON2C)c1OC. The Morgan fingerprint density at radius 2 is 1.92 bits per heavy atom. The average Bonchev–Trinajstić information content (AvgIpc) is 3.03. The lowest BCUT2D eigenvalue weighted by Crippen LogP contribution is -2.45. The summed E-state index contributed by atoms with van der Waals surface area (Å²) < 4.78 is 38.9. The minimum atomic E-state index is -3.48. The van der Waals surface area contributed by atoms with E-state index >= 15 is 0 Å². The summed E-state index contributed by atoms with van der Waals surface area (Å²) >= 11 is 1.78. The van der Waals surface area contributed by atoms with Crippen molar-refractivity contribution in [1.82, 2.24) is 9.37 Å². The van der Waals surface area contributed by atoms with Crippen LogP contribution in [-0.4, -0.2) is 75.5 Å². The fourth-order valence-electron chi connectivity index (χ4n) is 3.38. The summed E-state index contributed by atoms with van der Waals surface area (Å²) in [7, 11) is 1.40. The number of benzene rings is 1. The Kier molecular flexibility index (Phi) is 5.79. The number of thioether (sulfide) groups is 1. The molecule has 0 aliphatic carbocycles. The summed E-state index contributed by atoms with van der Waals surface area (Å²) in [4.78, 5) is 5.61. The fourth-order valence-corrected chi connectivity index (χ4v) is 6.46. The first-order valence-corrected chi connectivity index (χ1v) is 10.8. The molecule has 2 aliphatic rings. The molecule has 2 fully saturated rings. The van der Waals surface area contributed by atoms with Gasteiger partial charge in [0.25, 0.3) is 0 Å². The van der Waals surface area contributed by atoms with Crippen molar-refractivity contribution in [2.24, 2.45) is 0 Å². The molecule has 0 saturated carbocycles. The highest BCUT2D eigenvalue weighted by Gasteiger charge is 2.47. The van der Waals surface area contributed by atoms with Gasteiger partial charge in [-0.3, -0.25) is 4.84 Å². The number of rotatable bonds is 5. The summed E-state index contributed by atoms with van der Waals surface area (Å²) in [5.41, 5.74) is 0.752. The van der Waals surface area contributed by atoms with E-state index in [1.807, 2.05) is 12.1 Å². The second-order valence-electron chi connectivity index (χ2n) is 5.96. The van der Waals surface area contributed by atoms with Gasteiger partial charge in [-0.2, -0.15) is 21.1 Å². The zero-order valence-corrected chi connectivity index (χ0v) is 16.3. The first-order valence-electron chi connectivity index (χ1n) is 8.14. The zero-order valence-electron chi connectivity index (χ0n) is 14.7. The number of nitrogens with zero attached hydrogens (tertiary/aromatic N) is 2. The standard InChI is InChI=1S/C16H24N2O5S2/c1-17-15(12-5-4-6-13(21-2)16(12)22-3)14(11-23-17)25(19,20)18-7-9-24-10-8-18/h4-6,14-15H,7-11H2,1-3H3. The second kappa shape index (κ2) is 7.71. The van der Waals surface area contributed by atoms with Crippen LogP contribution in [-0.2, 0) is 14.9 Å². The van der Waals surface area contributed by atoms with Crippen LogP contribution in [0.3, 0.4) is 0 Å². The molecule has 2 unspecified atom stereocenters. The predicted octanol–water partition coefficient (Wildman–Crippen LogP) is 1.37. The van der Waals surface area contributed by atoms with Crippen LogP contribution in [0.15, 0.2) is 18.2 Å². The number of sulfonamides is 1. The monoisotopic (exact) mass is 388 g/mol. The summed E-state index contributed by atoms with van der Waals surface area (Å²) in [5.74, 6) is 2.78. The molecule has 140 valence electrons. The van der Waals surface area contributed by atoms with Crippen LogP contribution in [0.25, 0.3) is 0 Å². The van der Waals surface area contributed by atoms with Gasteiger partial charge in [0.05, 0.1) is 26.9 Å². The maximum atomic E-state index is 13.2. The molecule has 2 aliphatic heterocycles. The van der Waals surface area contributed by atoms with Crippen LogP contribution in [0.2, 0.25) is 0 Å². The lowest BCUT2D eigenvalue weighted by atomic mass is 10.0. The van der Waals surface area contributed by atoms with Crippen molar-refractivity contribution in [1.29, 1.82) is 0 Å². The molecule has 0 N–H and O–H groups in total. The van der Waals surface area contributed by atoms with E-state index in [0.717, 1.165) is 17.1 Å². The maximum Gasteiger partial charge on any atom is 0.221 e. The van der Waals surface area contributed by atoms with E-state index in [1.54, 1.807) is 48.5 Å². The molecule has 1 aromatic carbocycles. The Morgan fingerprint density at radius 3 is 2.56 bits per heavy atom. The van der Waals surface area contributed by atoms with E-state index in [2.05, 4.69) is 0 Å². The Balaban J connectivity index is 1.99. The van der Waals surface area contributed by atoms with Crippen LogP contribution >= 0.6 is 11.8 Å². The molecule has 3 rings (SSSR count). The molecular formula is C16H24N2O5S2. The van der Waals surface area contributed by atoms with Crippen molar-refractivity contribution in [3.05, 3.63) is 23.8 Å². The number of hydroxylamine groups is 2. The van der Waals surface area contributed by atoms with Crippen LogP contribution in [0, 0.1) is 0 Å². The van der Waals surface area contributed by atoms with Gasteiger partial charge in [-0.15, -0.1) is 0 Å². The minimum Gasteiger partial charge on any atom is -0.493 e. The molecule has 7 nitrogen and oxygen atoms in total. The van der Waals surface area contributed by atoms with E-state index < -0.39 is 21.3 Å². The van der Waals surface area contributed by atoms with Crippen molar-refractivity contribution < 1.29 is 22.7 Å². The molecule has 1 aromatic rings. The Bertz CT molecular complexity index is 706. The molecule has 9 heteroatoms. The topological polar surface area (TPSA) is 68.3 Å². The van der Waals surface area contributed by atoms with Crippen LogP contribution in [0.1, 0.15) is 11.6 Å². The van der Waals surface area contributed by atoms with Crippen LogP contribution in [0.4, 0.5) is 0 Å². The number of ether oxygens (including phenoxy) is 2. The van der Waals surface area contributed by atoms with E-state index in [-0.39, 0.29) is 6.61 Å². The lowest BCUT2D eigenvalue weighted by molar-refractivity contribution is -0.110. The Morgan fingerprint density at radius 1 is 1.20 bits per heavy atom. The fraction of sp³-hybridized carbons (Fsp3) is 0.625. The van der Waals surface area contributed by atoms with E-state index in [0.29, 0.717) is 24.6 Å². The molecule has 0 bridgehead atoms. The van der Waals surface area contributed by atoms with E-state index in [4.69, 9.17) is 14.3 Å². The molecular weight excluding hydrogens is 364 g/mol. The second-order valence-corrected chi connectivity index (χ2v) is 9.34. The highest BCUT2D eigenvalue weighted by atomic mass is 32.2. The molecule has 0 spiro atoms. The van der Waals surface area contributed by atoms with Gasteiger partial charge >= 0.3 is 0 Å². The molecule has 2 atom stereocenters. The number of hydrogen-bond donors (Lipinski definition) is 0. The van der Waals surface area contributed by atoms with Gasteiger partial charge in [-0.05, 0) is 6.07 Å². The van der Waals surface area contributed by atoms with Gasteiger partial charge in [0.1, 0.15) is 5.25 Å². The predicted molar refractivity (Wildman–Crippen MR) is 97.6 cm³/mol.